The van der Waals surface area contributed by atoms with E-state index >= 15 is 0 Å². The summed E-state index contributed by atoms with van der Waals surface area (Å²) >= 11 is 12.7. The van der Waals surface area contributed by atoms with Crippen LogP contribution in [-0.4, -0.2) is 90.8 Å². The number of likely N-dealkylation sites (N-methyl/N-ethyl adjacent to an activating group) is 1. The lowest BCUT2D eigenvalue weighted by molar-refractivity contribution is -0.605. The van der Waals surface area contributed by atoms with Crippen LogP contribution in [0, 0.1) is 11.1 Å². The highest BCUT2D eigenvalue weighted by Crippen LogP contribution is 2.38. The fraction of sp³-hybridized carbons (Fsp3) is 0.455. The number of esters is 1. The van der Waals surface area contributed by atoms with E-state index in [1.54, 1.807) is 0 Å². The number of sulfonamides is 1. The molecule has 2 aliphatic rings. The maximum Gasteiger partial charge on any atom is 0.387 e. The molecule has 1 aliphatic heterocycles. The molecule has 0 bridgehead atoms. The molecule has 5 rings (SSSR count). The lowest BCUT2D eigenvalue weighted by atomic mass is 10.0. The van der Waals surface area contributed by atoms with Gasteiger partial charge in [-0.05, 0) is 61.7 Å². The minimum atomic E-state index is -4.12. The van der Waals surface area contributed by atoms with E-state index in [0.717, 1.165) is 57.5 Å². The molecule has 0 spiro atoms. The Morgan fingerprint density at radius 1 is 1.04 bits per heavy atom. The zero-order valence-corrected chi connectivity index (χ0v) is 29.8. The topological polar surface area (TPSA) is 134 Å². The van der Waals surface area contributed by atoms with Gasteiger partial charge in [-0.3, -0.25) is 4.90 Å². The molecular formula is C33H38Cl2F2N4O8S. The van der Waals surface area contributed by atoms with Gasteiger partial charge in [-0.2, -0.15) is 13.5 Å². The lowest BCUT2D eigenvalue weighted by Crippen LogP contribution is -2.46. The monoisotopic (exact) mass is 758 g/mol. The van der Waals surface area contributed by atoms with Crippen LogP contribution in [0.2, 0.25) is 10.0 Å². The van der Waals surface area contributed by atoms with Gasteiger partial charge in [-0.15, -0.1) is 0 Å². The molecule has 3 aromatic rings. The van der Waals surface area contributed by atoms with Crippen LogP contribution in [0.4, 0.5) is 8.78 Å². The third-order valence-corrected chi connectivity index (χ3v) is 10.6. The number of nitrogens with zero attached hydrogens (tertiary/aromatic N) is 3. The second kappa shape index (κ2) is 16.7. The van der Waals surface area contributed by atoms with Gasteiger partial charge in [0.2, 0.25) is 10.0 Å². The molecule has 50 heavy (non-hydrogen) atoms. The highest BCUT2D eigenvalue weighted by atomic mass is 35.5. The van der Waals surface area contributed by atoms with Gasteiger partial charge in [0.15, 0.2) is 23.9 Å². The summed E-state index contributed by atoms with van der Waals surface area (Å²) in [6, 6.07) is 7.98. The van der Waals surface area contributed by atoms with Crippen molar-refractivity contribution in [1.29, 1.82) is 0 Å². The molecule has 1 aliphatic carbocycles. The van der Waals surface area contributed by atoms with E-state index in [2.05, 4.69) is 19.3 Å². The Labute approximate surface area is 299 Å². The fourth-order valence-corrected chi connectivity index (χ4v) is 7.17. The number of carbonyl (C=O) groups is 1. The number of rotatable bonds is 16. The Morgan fingerprint density at radius 3 is 2.36 bits per heavy atom. The molecule has 1 saturated heterocycles. The van der Waals surface area contributed by atoms with E-state index in [0.29, 0.717) is 16.8 Å². The van der Waals surface area contributed by atoms with Crippen molar-refractivity contribution >= 4 is 39.2 Å². The summed E-state index contributed by atoms with van der Waals surface area (Å²) in [5, 5.41) is 11.9. The molecule has 0 unspecified atom stereocenters. The van der Waals surface area contributed by atoms with Crippen molar-refractivity contribution in [3.63, 3.8) is 0 Å². The Kier molecular flexibility index (Phi) is 12.6. The van der Waals surface area contributed by atoms with Gasteiger partial charge in [0.1, 0.15) is 26.8 Å². The Hall–Kier alpha value is -3.47. The molecule has 0 amide bonds. The van der Waals surface area contributed by atoms with Gasteiger partial charge >= 0.3 is 12.6 Å². The quantitative estimate of drug-likeness (QED) is 0.125. The van der Waals surface area contributed by atoms with E-state index in [1.807, 2.05) is 7.05 Å². The van der Waals surface area contributed by atoms with Gasteiger partial charge in [0.25, 0.3) is 0 Å². The molecule has 2 fully saturated rings. The minimum Gasteiger partial charge on any atom is -0.619 e. The van der Waals surface area contributed by atoms with Gasteiger partial charge < -0.3 is 29.1 Å². The van der Waals surface area contributed by atoms with Crippen LogP contribution in [-0.2, 0) is 21.2 Å². The lowest BCUT2D eigenvalue weighted by Gasteiger charge is -2.32. The third-order valence-electron chi connectivity index (χ3n) is 8.43. The fourth-order valence-electron chi connectivity index (χ4n) is 5.36. The molecule has 2 aromatic carbocycles. The number of piperazine rings is 1. The number of alkyl halides is 2. The average Bonchev–Trinajstić information content (AvgIpc) is 3.90. The van der Waals surface area contributed by atoms with Gasteiger partial charge in [0.05, 0.1) is 19.3 Å². The summed E-state index contributed by atoms with van der Waals surface area (Å²) in [4.78, 5) is 17.8. The van der Waals surface area contributed by atoms with Crippen LogP contribution in [0.15, 0.2) is 53.7 Å². The zero-order chi connectivity index (χ0) is 36.0. The van der Waals surface area contributed by atoms with E-state index in [-0.39, 0.29) is 68.8 Å². The number of carbonyl (C=O) groups excluding carboxylic acids is 1. The van der Waals surface area contributed by atoms with Gasteiger partial charge in [-0.25, -0.2) is 17.9 Å². The molecule has 272 valence electrons. The Morgan fingerprint density at radius 2 is 1.72 bits per heavy atom. The number of hydrogen-bond acceptors (Lipinski definition) is 10. The predicted molar refractivity (Wildman–Crippen MR) is 181 cm³/mol. The first kappa shape index (κ1) is 37.8. The normalized spacial score (nSPS) is 16.3. The molecule has 1 atom stereocenters. The molecule has 0 radical (unpaired) electrons. The van der Waals surface area contributed by atoms with Crippen LogP contribution in [0.25, 0.3) is 0 Å². The summed E-state index contributed by atoms with van der Waals surface area (Å²) in [7, 11) is -0.775. The number of benzene rings is 2. The van der Waals surface area contributed by atoms with Crippen molar-refractivity contribution in [2.45, 2.75) is 36.9 Å². The van der Waals surface area contributed by atoms with Crippen molar-refractivity contribution in [1.82, 2.24) is 14.5 Å². The molecule has 1 aromatic heterocycles. The summed E-state index contributed by atoms with van der Waals surface area (Å²) in [5.74, 6) is -0.802. The van der Waals surface area contributed by atoms with E-state index < -0.39 is 28.7 Å². The number of pyridine rings is 1. The second-order valence-corrected chi connectivity index (χ2v) is 14.7. The minimum absolute atomic E-state index is 0.00288. The first-order valence-corrected chi connectivity index (χ1v) is 18.1. The molecule has 12 nitrogen and oxygen atoms in total. The molecule has 2 heterocycles. The van der Waals surface area contributed by atoms with Crippen LogP contribution < -0.4 is 23.7 Å². The standard InChI is InChI=1S/C33H38Cl2F2N4O8S/c1-39-11-13-40(14-12-39)10-9-38-50(44,45)31-16-23(6-8-28(31)46-2)32(42)48-29(17-24-25(34)18-41(43)19-26(24)35)22-5-7-27(49-33(36)37)30(15-22)47-20-21-3-4-21/h5-8,15-16,18-19,21,29,33,38H,3-4,9-14,17,20H2,1-2H3/t29-/m0/s1. The van der Waals surface area contributed by atoms with Gasteiger partial charge in [-0.1, -0.05) is 29.3 Å². The molecule has 17 heteroatoms. The molecule has 1 saturated carbocycles. The maximum atomic E-state index is 13.7. The summed E-state index contributed by atoms with van der Waals surface area (Å²) < 4.78 is 78.0. The number of aromatic nitrogens is 1. The van der Waals surface area contributed by atoms with Crippen LogP contribution >= 0.6 is 23.2 Å². The van der Waals surface area contributed by atoms with Gasteiger partial charge in [0, 0.05) is 51.3 Å². The number of methoxy groups -OCH3 is 1. The first-order valence-electron chi connectivity index (χ1n) is 15.9. The predicted octanol–water partition coefficient (Wildman–Crippen LogP) is 4.69. The van der Waals surface area contributed by atoms with E-state index in [4.69, 9.17) is 37.4 Å². The number of nitrogens with one attached hydrogen (secondary N) is 1. The first-order chi connectivity index (χ1) is 23.8. The summed E-state index contributed by atoms with van der Waals surface area (Å²) in [6.45, 7) is 1.21. The number of hydrogen-bond donors (Lipinski definition) is 1. The van der Waals surface area contributed by atoms with Crippen molar-refractivity contribution in [3.8, 4) is 17.2 Å². The third kappa shape index (κ3) is 10.1. The summed E-state index contributed by atoms with van der Waals surface area (Å²) in [6.07, 6.45) is 2.76. The smallest absolute Gasteiger partial charge is 0.387 e. The number of ether oxygens (including phenoxy) is 4. The maximum absolute atomic E-state index is 13.7. The van der Waals surface area contributed by atoms with Crippen molar-refractivity contribution in [2.75, 3.05) is 60.0 Å². The van der Waals surface area contributed by atoms with Crippen LogP contribution in [0.1, 0.15) is 40.4 Å². The summed E-state index contributed by atoms with van der Waals surface area (Å²) in [5.41, 5.74) is 0.471. The molecule has 1 N–H and O–H groups in total. The Balaban J connectivity index is 1.42. The second-order valence-electron chi connectivity index (χ2n) is 12.1. The number of halogens is 4. The van der Waals surface area contributed by atoms with E-state index in [1.165, 1.54) is 37.4 Å². The zero-order valence-electron chi connectivity index (χ0n) is 27.4. The van der Waals surface area contributed by atoms with Crippen molar-refractivity contribution in [3.05, 3.63) is 80.7 Å². The Bertz CT molecular complexity index is 1750. The largest absolute Gasteiger partial charge is 0.619 e. The van der Waals surface area contributed by atoms with Crippen LogP contribution in [0.3, 0.4) is 0 Å². The van der Waals surface area contributed by atoms with Crippen LogP contribution in [0.5, 0.6) is 17.2 Å². The average molecular weight is 760 g/mol. The highest BCUT2D eigenvalue weighted by Gasteiger charge is 2.28. The SMILES string of the molecule is COc1ccc(C(=O)O[C@@H](Cc2c(Cl)c[n+]([O-])cc2Cl)c2ccc(OC(F)F)c(OCC3CC3)c2)cc1S(=O)(=O)NCCN1CCN(C)CC1. The van der Waals surface area contributed by atoms with Crippen molar-refractivity contribution < 1.29 is 45.7 Å². The van der Waals surface area contributed by atoms with E-state index in [9.17, 15) is 27.2 Å². The highest BCUT2D eigenvalue weighted by molar-refractivity contribution is 7.89. The molecular weight excluding hydrogens is 721 g/mol. The van der Waals surface area contributed by atoms with Crippen molar-refractivity contribution in [2.24, 2.45) is 5.92 Å².